The predicted octanol–water partition coefficient (Wildman–Crippen LogP) is 3.08. The smallest absolute Gasteiger partial charge is 0.190 e. The fraction of sp³-hybridized carbons (Fsp3) is 0.941. The molecule has 1 aliphatic heterocycles. The molecule has 5 heteroatoms. The van der Waals surface area contributed by atoms with Gasteiger partial charge in [-0.05, 0) is 57.7 Å². The van der Waals surface area contributed by atoms with Crippen LogP contribution in [0.4, 0.5) is 0 Å². The van der Waals surface area contributed by atoms with Crippen molar-refractivity contribution in [3.8, 4) is 0 Å². The lowest BCUT2D eigenvalue weighted by molar-refractivity contribution is 0.220. The molecule has 1 saturated carbocycles. The van der Waals surface area contributed by atoms with E-state index in [0.29, 0.717) is 0 Å². The Balaban J connectivity index is 0.00000242. The van der Waals surface area contributed by atoms with Gasteiger partial charge in [-0.25, -0.2) is 0 Å². The first kappa shape index (κ1) is 20.0. The maximum Gasteiger partial charge on any atom is 0.190 e. The fourth-order valence-corrected chi connectivity index (χ4v) is 3.62. The molecule has 2 aliphatic rings. The van der Waals surface area contributed by atoms with Crippen LogP contribution in [0.5, 0.6) is 0 Å². The normalized spacial score (nSPS) is 21.6. The zero-order chi connectivity index (χ0) is 14.9. The van der Waals surface area contributed by atoms with E-state index in [2.05, 4.69) is 27.6 Å². The number of nitrogens with zero attached hydrogens (tertiary/aromatic N) is 2. The van der Waals surface area contributed by atoms with Gasteiger partial charge in [0.1, 0.15) is 0 Å². The average Bonchev–Trinajstić information content (AvgIpc) is 3.01. The van der Waals surface area contributed by atoms with Gasteiger partial charge in [0.15, 0.2) is 5.96 Å². The Hall–Kier alpha value is -0.0400. The zero-order valence-corrected chi connectivity index (χ0v) is 16.8. The molecule has 1 saturated heterocycles. The van der Waals surface area contributed by atoms with E-state index >= 15 is 0 Å². The summed E-state index contributed by atoms with van der Waals surface area (Å²) in [6.45, 7) is 4.60. The van der Waals surface area contributed by atoms with E-state index in [0.717, 1.165) is 30.9 Å². The molecular formula is C17H35IN4. The number of likely N-dealkylation sites (tertiary alicyclic amines) is 1. The van der Waals surface area contributed by atoms with Crippen molar-refractivity contribution in [3.63, 3.8) is 0 Å². The molecule has 1 aliphatic carbocycles. The Morgan fingerprint density at radius 2 is 1.73 bits per heavy atom. The topological polar surface area (TPSA) is 39.7 Å². The lowest BCUT2D eigenvalue weighted by Gasteiger charge is -2.29. The van der Waals surface area contributed by atoms with Gasteiger partial charge < -0.3 is 15.5 Å². The first-order valence-electron chi connectivity index (χ1n) is 8.91. The quantitative estimate of drug-likeness (QED) is 0.299. The van der Waals surface area contributed by atoms with Crippen LogP contribution < -0.4 is 10.6 Å². The highest BCUT2D eigenvalue weighted by Crippen LogP contribution is 2.28. The molecule has 0 aromatic heterocycles. The van der Waals surface area contributed by atoms with Crippen LogP contribution in [0.2, 0.25) is 0 Å². The SMILES string of the molecule is CN=C(NCCCC1CCCC1)NCC1CCN(C)CC1.I. The standard InChI is InChI=1S/C17H34N4.HI/c1-18-17(19-11-5-8-15-6-3-4-7-15)20-14-16-9-12-21(2)13-10-16;/h15-16H,3-14H2,1-2H3,(H2,18,19,20);1H. The molecule has 130 valence electrons. The predicted molar refractivity (Wildman–Crippen MR) is 106 cm³/mol. The minimum Gasteiger partial charge on any atom is -0.356 e. The highest BCUT2D eigenvalue weighted by atomic mass is 127. The third kappa shape index (κ3) is 7.49. The summed E-state index contributed by atoms with van der Waals surface area (Å²) in [7, 11) is 4.09. The lowest BCUT2D eigenvalue weighted by Crippen LogP contribution is -2.42. The first-order valence-corrected chi connectivity index (χ1v) is 8.91. The van der Waals surface area contributed by atoms with Crippen LogP contribution in [0.1, 0.15) is 51.4 Å². The summed E-state index contributed by atoms with van der Waals surface area (Å²) in [5.41, 5.74) is 0. The van der Waals surface area contributed by atoms with Crippen molar-refractivity contribution >= 4 is 29.9 Å². The molecule has 1 heterocycles. The number of hydrogen-bond acceptors (Lipinski definition) is 2. The van der Waals surface area contributed by atoms with Crippen LogP contribution in [0.3, 0.4) is 0 Å². The van der Waals surface area contributed by atoms with E-state index in [1.807, 2.05) is 7.05 Å². The maximum atomic E-state index is 4.34. The average molecular weight is 422 g/mol. The first-order chi connectivity index (χ1) is 10.3. The van der Waals surface area contributed by atoms with Gasteiger partial charge in [0.05, 0.1) is 0 Å². The summed E-state index contributed by atoms with van der Waals surface area (Å²) in [5.74, 6) is 2.79. The summed E-state index contributed by atoms with van der Waals surface area (Å²) in [6, 6.07) is 0. The van der Waals surface area contributed by atoms with Crippen molar-refractivity contribution < 1.29 is 0 Å². The summed E-state index contributed by atoms with van der Waals surface area (Å²) in [5, 5.41) is 6.97. The van der Waals surface area contributed by atoms with Crippen molar-refractivity contribution in [3.05, 3.63) is 0 Å². The molecule has 22 heavy (non-hydrogen) atoms. The number of nitrogens with one attached hydrogen (secondary N) is 2. The van der Waals surface area contributed by atoms with Crippen LogP contribution in [0, 0.1) is 11.8 Å². The number of halogens is 1. The third-order valence-corrected chi connectivity index (χ3v) is 5.18. The summed E-state index contributed by atoms with van der Waals surface area (Å²) >= 11 is 0. The van der Waals surface area contributed by atoms with E-state index in [9.17, 15) is 0 Å². The largest absolute Gasteiger partial charge is 0.356 e. The van der Waals surface area contributed by atoms with Crippen molar-refractivity contribution in [1.82, 2.24) is 15.5 Å². The molecule has 0 unspecified atom stereocenters. The summed E-state index contributed by atoms with van der Waals surface area (Å²) in [4.78, 5) is 6.76. The molecular weight excluding hydrogens is 387 g/mol. The number of rotatable bonds is 6. The monoisotopic (exact) mass is 422 g/mol. The summed E-state index contributed by atoms with van der Waals surface area (Å²) < 4.78 is 0. The van der Waals surface area contributed by atoms with Crippen LogP contribution in [-0.2, 0) is 0 Å². The van der Waals surface area contributed by atoms with Crippen LogP contribution in [0.15, 0.2) is 4.99 Å². The van der Waals surface area contributed by atoms with Gasteiger partial charge in [-0.1, -0.05) is 25.7 Å². The Bertz CT molecular complexity index is 308. The maximum absolute atomic E-state index is 4.34. The van der Waals surface area contributed by atoms with Gasteiger partial charge in [0, 0.05) is 20.1 Å². The molecule has 0 atom stereocenters. The Morgan fingerprint density at radius 1 is 1.05 bits per heavy atom. The van der Waals surface area contributed by atoms with Crippen molar-refractivity contribution in [2.75, 3.05) is 40.3 Å². The minimum absolute atomic E-state index is 0. The minimum atomic E-state index is 0. The molecule has 0 amide bonds. The molecule has 2 rings (SSSR count). The van der Waals surface area contributed by atoms with Gasteiger partial charge in [-0.2, -0.15) is 0 Å². The van der Waals surface area contributed by atoms with E-state index < -0.39 is 0 Å². The highest BCUT2D eigenvalue weighted by molar-refractivity contribution is 14.0. The zero-order valence-electron chi connectivity index (χ0n) is 14.4. The second-order valence-electron chi connectivity index (χ2n) is 6.92. The fourth-order valence-electron chi connectivity index (χ4n) is 3.62. The second-order valence-corrected chi connectivity index (χ2v) is 6.92. The molecule has 2 N–H and O–H groups in total. The van der Waals surface area contributed by atoms with Gasteiger partial charge >= 0.3 is 0 Å². The molecule has 4 nitrogen and oxygen atoms in total. The van der Waals surface area contributed by atoms with Crippen LogP contribution >= 0.6 is 24.0 Å². The molecule has 2 fully saturated rings. The number of piperidine rings is 1. The number of hydrogen-bond donors (Lipinski definition) is 2. The van der Waals surface area contributed by atoms with Gasteiger partial charge in [0.2, 0.25) is 0 Å². The Labute approximate surface area is 153 Å². The van der Waals surface area contributed by atoms with Gasteiger partial charge in [-0.15, -0.1) is 24.0 Å². The highest BCUT2D eigenvalue weighted by Gasteiger charge is 2.17. The van der Waals surface area contributed by atoms with Crippen molar-refractivity contribution in [2.24, 2.45) is 16.8 Å². The molecule has 0 bridgehead atoms. The van der Waals surface area contributed by atoms with Gasteiger partial charge in [0.25, 0.3) is 0 Å². The van der Waals surface area contributed by atoms with E-state index in [4.69, 9.17) is 0 Å². The molecule has 0 spiro atoms. The number of guanidine groups is 1. The Kier molecular flexibility index (Phi) is 10.4. The summed E-state index contributed by atoms with van der Waals surface area (Å²) in [6.07, 6.45) is 11.1. The Morgan fingerprint density at radius 3 is 2.36 bits per heavy atom. The van der Waals surface area contributed by atoms with E-state index in [1.54, 1.807) is 0 Å². The molecule has 0 aromatic carbocycles. The van der Waals surface area contributed by atoms with Crippen molar-refractivity contribution in [2.45, 2.75) is 51.4 Å². The van der Waals surface area contributed by atoms with Gasteiger partial charge in [-0.3, -0.25) is 4.99 Å². The molecule has 0 aromatic rings. The van der Waals surface area contributed by atoms with E-state index in [-0.39, 0.29) is 24.0 Å². The molecule has 0 radical (unpaired) electrons. The third-order valence-electron chi connectivity index (χ3n) is 5.18. The van der Waals surface area contributed by atoms with Crippen molar-refractivity contribution in [1.29, 1.82) is 0 Å². The second kappa shape index (κ2) is 11.5. The number of aliphatic imine (C=N–C) groups is 1. The van der Waals surface area contributed by atoms with E-state index in [1.165, 1.54) is 64.5 Å². The lowest BCUT2D eigenvalue weighted by atomic mass is 9.97. The van der Waals surface area contributed by atoms with Crippen LogP contribution in [0.25, 0.3) is 0 Å². The van der Waals surface area contributed by atoms with Crippen LogP contribution in [-0.4, -0.2) is 51.1 Å².